The molecule has 0 aliphatic heterocycles. The van der Waals surface area contributed by atoms with Crippen molar-refractivity contribution in [3.8, 4) is 0 Å². The van der Waals surface area contributed by atoms with Gasteiger partial charge in [-0.2, -0.15) is 5.10 Å². The van der Waals surface area contributed by atoms with Crippen molar-refractivity contribution in [3.05, 3.63) is 40.1 Å². The largest absolute Gasteiger partial charge is 0.466 e. The Morgan fingerprint density at radius 3 is 2.70 bits per heavy atom. The number of aliphatic hydroxyl groups excluding tert-OH is 1. The van der Waals surface area contributed by atoms with Gasteiger partial charge in [-0.25, -0.2) is 0 Å². The summed E-state index contributed by atoms with van der Waals surface area (Å²) in [6.45, 7) is 5.18. The zero-order valence-electron chi connectivity index (χ0n) is 12.2. The SMILES string of the molecule is Cc1cc(C(O)c2c(Cl)cnn2CCN(C)C)c(C)o1. The quantitative estimate of drug-likeness (QED) is 0.921. The molecule has 0 aliphatic carbocycles. The fraction of sp³-hybridized carbons (Fsp3) is 0.500. The summed E-state index contributed by atoms with van der Waals surface area (Å²) in [6, 6.07) is 1.83. The first kappa shape index (κ1) is 15.1. The van der Waals surface area contributed by atoms with Gasteiger partial charge in [-0.05, 0) is 34.0 Å². The molecule has 5 nitrogen and oxygen atoms in total. The summed E-state index contributed by atoms with van der Waals surface area (Å²) in [5.41, 5.74) is 1.34. The molecule has 0 fully saturated rings. The molecule has 6 heteroatoms. The van der Waals surface area contributed by atoms with Crippen molar-refractivity contribution in [1.29, 1.82) is 0 Å². The Bertz CT molecular complexity index is 589. The van der Waals surface area contributed by atoms with E-state index in [9.17, 15) is 5.11 Å². The number of aliphatic hydroxyl groups is 1. The number of furan rings is 1. The monoisotopic (exact) mass is 297 g/mol. The first-order chi connectivity index (χ1) is 9.40. The van der Waals surface area contributed by atoms with E-state index in [1.165, 1.54) is 0 Å². The first-order valence-corrected chi connectivity index (χ1v) is 6.89. The van der Waals surface area contributed by atoms with E-state index in [-0.39, 0.29) is 0 Å². The van der Waals surface area contributed by atoms with Crippen LogP contribution in [0.15, 0.2) is 16.7 Å². The molecule has 2 aromatic heterocycles. The number of hydrogen-bond donors (Lipinski definition) is 1. The summed E-state index contributed by atoms with van der Waals surface area (Å²) in [5, 5.41) is 15.3. The maximum Gasteiger partial charge on any atom is 0.126 e. The van der Waals surface area contributed by atoms with Crippen LogP contribution in [0, 0.1) is 13.8 Å². The Labute approximate surface area is 123 Å². The molecule has 2 aromatic rings. The van der Waals surface area contributed by atoms with Crippen molar-refractivity contribution in [2.75, 3.05) is 20.6 Å². The summed E-state index contributed by atoms with van der Waals surface area (Å²) >= 11 is 6.18. The van der Waals surface area contributed by atoms with E-state index in [0.717, 1.165) is 17.9 Å². The topological polar surface area (TPSA) is 54.4 Å². The van der Waals surface area contributed by atoms with Gasteiger partial charge in [0, 0.05) is 12.1 Å². The maximum atomic E-state index is 10.6. The molecule has 0 spiro atoms. The van der Waals surface area contributed by atoms with E-state index in [4.69, 9.17) is 16.0 Å². The molecule has 1 unspecified atom stereocenters. The minimum atomic E-state index is -0.829. The van der Waals surface area contributed by atoms with Crippen molar-refractivity contribution in [2.45, 2.75) is 26.5 Å². The third kappa shape index (κ3) is 3.06. The van der Waals surface area contributed by atoms with Crippen LogP contribution >= 0.6 is 11.6 Å². The number of rotatable bonds is 5. The van der Waals surface area contributed by atoms with Gasteiger partial charge < -0.3 is 14.4 Å². The summed E-state index contributed by atoms with van der Waals surface area (Å²) in [5.74, 6) is 1.47. The normalized spacial score (nSPS) is 13.2. The lowest BCUT2D eigenvalue weighted by molar-refractivity contribution is 0.203. The second-order valence-corrected chi connectivity index (χ2v) is 5.58. The lowest BCUT2D eigenvalue weighted by Crippen LogP contribution is -2.21. The molecule has 1 N–H and O–H groups in total. The Morgan fingerprint density at radius 2 is 2.15 bits per heavy atom. The molecule has 0 aromatic carbocycles. The molecule has 0 aliphatic rings. The Morgan fingerprint density at radius 1 is 1.45 bits per heavy atom. The average molecular weight is 298 g/mol. The predicted molar refractivity (Wildman–Crippen MR) is 78.0 cm³/mol. The zero-order chi connectivity index (χ0) is 14.9. The fourth-order valence-corrected chi connectivity index (χ4v) is 2.43. The Kier molecular flexibility index (Phi) is 4.52. The van der Waals surface area contributed by atoms with Gasteiger partial charge in [0.05, 0.1) is 23.5 Å². The van der Waals surface area contributed by atoms with Gasteiger partial charge >= 0.3 is 0 Å². The van der Waals surface area contributed by atoms with Crippen molar-refractivity contribution < 1.29 is 9.52 Å². The second kappa shape index (κ2) is 5.99. The minimum absolute atomic E-state index is 0.467. The van der Waals surface area contributed by atoms with E-state index in [1.54, 1.807) is 10.9 Å². The molecule has 0 bridgehead atoms. The molecular weight excluding hydrogens is 278 g/mol. The van der Waals surface area contributed by atoms with Crippen molar-refractivity contribution in [2.24, 2.45) is 0 Å². The van der Waals surface area contributed by atoms with Crippen LogP contribution in [0.25, 0.3) is 0 Å². The lowest BCUT2D eigenvalue weighted by atomic mass is 10.1. The Hall–Kier alpha value is -1.30. The number of aryl methyl sites for hydroxylation is 2. The van der Waals surface area contributed by atoms with Gasteiger partial charge in [-0.1, -0.05) is 11.6 Å². The molecule has 20 heavy (non-hydrogen) atoms. The van der Waals surface area contributed by atoms with Gasteiger partial charge in [0.15, 0.2) is 0 Å². The van der Waals surface area contributed by atoms with Crippen LogP contribution in [0.1, 0.15) is 28.9 Å². The van der Waals surface area contributed by atoms with Crippen LogP contribution in [-0.2, 0) is 6.54 Å². The number of hydrogen-bond acceptors (Lipinski definition) is 4. The van der Waals surface area contributed by atoms with Crippen molar-refractivity contribution >= 4 is 11.6 Å². The Balaban J connectivity index is 2.31. The summed E-state index contributed by atoms with van der Waals surface area (Å²) in [4.78, 5) is 2.05. The number of likely N-dealkylation sites (N-methyl/N-ethyl adjacent to an activating group) is 1. The van der Waals surface area contributed by atoms with Crippen molar-refractivity contribution in [1.82, 2.24) is 14.7 Å². The lowest BCUT2D eigenvalue weighted by Gasteiger charge is -2.15. The molecule has 2 rings (SSSR count). The zero-order valence-corrected chi connectivity index (χ0v) is 13.0. The molecule has 1 atom stereocenters. The van der Waals surface area contributed by atoms with E-state index >= 15 is 0 Å². The summed E-state index contributed by atoms with van der Waals surface area (Å²) < 4.78 is 7.22. The average Bonchev–Trinajstić information content (AvgIpc) is 2.89. The van der Waals surface area contributed by atoms with Crippen molar-refractivity contribution in [3.63, 3.8) is 0 Å². The third-order valence-corrected chi connectivity index (χ3v) is 3.52. The number of aromatic nitrogens is 2. The standard InChI is InChI=1S/C14H20ClN3O2/c1-9-7-11(10(2)20-9)14(19)13-12(15)8-16-18(13)6-5-17(3)4/h7-8,14,19H,5-6H2,1-4H3. The molecule has 0 saturated carbocycles. The van der Waals surface area contributed by atoms with Crippen LogP contribution in [-0.4, -0.2) is 40.4 Å². The number of halogens is 1. The van der Waals surface area contributed by atoms with E-state index < -0.39 is 6.10 Å². The van der Waals surface area contributed by atoms with Crippen LogP contribution < -0.4 is 0 Å². The molecule has 0 radical (unpaired) electrons. The highest BCUT2D eigenvalue weighted by molar-refractivity contribution is 6.31. The van der Waals surface area contributed by atoms with Gasteiger partial charge in [-0.3, -0.25) is 4.68 Å². The summed E-state index contributed by atoms with van der Waals surface area (Å²) in [6.07, 6.45) is 0.738. The highest BCUT2D eigenvalue weighted by Gasteiger charge is 2.23. The highest BCUT2D eigenvalue weighted by atomic mass is 35.5. The van der Waals surface area contributed by atoms with Gasteiger partial charge in [0.2, 0.25) is 0 Å². The van der Waals surface area contributed by atoms with E-state index in [0.29, 0.717) is 23.0 Å². The van der Waals surface area contributed by atoms with Gasteiger partial charge in [-0.15, -0.1) is 0 Å². The molecule has 2 heterocycles. The second-order valence-electron chi connectivity index (χ2n) is 5.18. The first-order valence-electron chi connectivity index (χ1n) is 6.51. The van der Waals surface area contributed by atoms with Gasteiger partial charge in [0.1, 0.15) is 17.6 Å². The minimum Gasteiger partial charge on any atom is -0.466 e. The van der Waals surface area contributed by atoms with E-state index in [2.05, 4.69) is 10.00 Å². The third-order valence-electron chi connectivity index (χ3n) is 3.23. The molecule has 0 amide bonds. The number of nitrogens with zero attached hydrogens (tertiary/aromatic N) is 3. The fourth-order valence-electron chi connectivity index (χ4n) is 2.19. The molecule has 110 valence electrons. The van der Waals surface area contributed by atoms with Crippen LogP contribution in [0.3, 0.4) is 0 Å². The van der Waals surface area contributed by atoms with Gasteiger partial charge in [0.25, 0.3) is 0 Å². The van der Waals surface area contributed by atoms with E-state index in [1.807, 2.05) is 34.0 Å². The van der Waals surface area contributed by atoms with Crippen LogP contribution in [0.5, 0.6) is 0 Å². The van der Waals surface area contributed by atoms with Crippen LogP contribution in [0.4, 0.5) is 0 Å². The predicted octanol–water partition coefficient (Wildman–Crippen LogP) is 2.39. The maximum absolute atomic E-state index is 10.6. The van der Waals surface area contributed by atoms with Crippen LogP contribution in [0.2, 0.25) is 5.02 Å². The molecule has 0 saturated heterocycles. The highest BCUT2D eigenvalue weighted by Crippen LogP contribution is 2.31. The summed E-state index contributed by atoms with van der Waals surface area (Å²) in [7, 11) is 3.98. The smallest absolute Gasteiger partial charge is 0.126 e. The molecular formula is C14H20ClN3O2.